The molecule has 3 fully saturated rings. The van der Waals surface area contributed by atoms with Gasteiger partial charge in [0.2, 0.25) is 0 Å². The number of fused-ring (bicyclic) bond motifs is 5. The van der Waals surface area contributed by atoms with Gasteiger partial charge in [-0.05, 0) is 91.9 Å². The van der Waals surface area contributed by atoms with E-state index in [1.165, 1.54) is 63.2 Å². The summed E-state index contributed by atoms with van der Waals surface area (Å²) in [7, 11) is 0. The second kappa shape index (κ2) is 4.95. The molecule has 4 aliphatic rings. The number of carbonyl (C=O) groups excluding carboxylic acids is 1. The Morgan fingerprint density at radius 3 is 2.59 bits per heavy atom. The molecule has 0 heterocycles. The molecule has 0 aromatic carbocycles. The Hall–Kier alpha value is -0.590. The molecule has 0 radical (unpaired) electrons. The minimum atomic E-state index is 0.329. The van der Waals surface area contributed by atoms with Crippen LogP contribution in [0.2, 0.25) is 0 Å². The lowest BCUT2D eigenvalue weighted by atomic mass is 9.45. The summed E-state index contributed by atoms with van der Waals surface area (Å²) in [6.45, 7) is 7.35. The van der Waals surface area contributed by atoms with Crippen LogP contribution in [0.5, 0.6) is 0 Å². The summed E-state index contributed by atoms with van der Waals surface area (Å²) in [6, 6.07) is 0. The fraction of sp³-hybridized carbons (Fsp3) is 0.857. The van der Waals surface area contributed by atoms with Gasteiger partial charge in [-0.3, -0.25) is 4.79 Å². The van der Waals surface area contributed by atoms with Gasteiger partial charge in [-0.25, -0.2) is 0 Å². The first-order valence-corrected chi connectivity index (χ1v) is 9.66. The van der Waals surface area contributed by atoms with Gasteiger partial charge in [0.05, 0.1) is 0 Å². The fourth-order valence-corrected chi connectivity index (χ4v) is 7.35. The van der Waals surface area contributed by atoms with Gasteiger partial charge >= 0.3 is 0 Å². The summed E-state index contributed by atoms with van der Waals surface area (Å²) in [5.41, 5.74) is 3.52. The average molecular weight is 300 g/mol. The largest absolute Gasteiger partial charge is 0.298 e. The molecule has 0 spiro atoms. The molecule has 4 aliphatic carbocycles. The molecule has 0 bridgehead atoms. The number of rotatable bonds is 1. The zero-order chi connectivity index (χ0) is 15.5. The fourth-order valence-electron chi connectivity index (χ4n) is 7.35. The van der Waals surface area contributed by atoms with Gasteiger partial charge in [0.15, 0.2) is 0 Å². The number of hydrogen-bond donors (Lipinski definition) is 0. The van der Waals surface area contributed by atoms with Crippen molar-refractivity contribution in [3.63, 3.8) is 0 Å². The Morgan fingerprint density at radius 1 is 1.00 bits per heavy atom. The SMILES string of the molecule is CC1=C(C=O)C[C@H]2[C@@H]3CC[C@H]4CCCC[C@]4(C)C3CC[C@]12C. The van der Waals surface area contributed by atoms with Crippen molar-refractivity contribution in [1.82, 2.24) is 0 Å². The van der Waals surface area contributed by atoms with Gasteiger partial charge in [-0.1, -0.05) is 32.3 Å². The van der Waals surface area contributed by atoms with Crippen molar-refractivity contribution in [2.24, 2.45) is 34.5 Å². The minimum absolute atomic E-state index is 0.329. The molecule has 0 aliphatic heterocycles. The van der Waals surface area contributed by atoms with E-state index in [-0.39, 0.29) is 0 Å². The first-order chi connectivity index (χ1) is 10.5. The predicted octanol–water partition coefficient (Wildman–Crippen LogP) is 5.54. The van der Waals surface area contributed by atoms with Gasteiger partial charge in [-0.15, -0.1) is 0 Å². The third kappa shape index (κ3) is 1.80. The van der Waals surface area contributed by atoms with Crippen molar-refractivity contribution in [2.75, 3.05) is 0 Å². The van der Waals surface area contributed by atoms with Crippen LogP contribution < -0.4 is 0 Å². The van der Waals surface area contributed by atoms with Crippen molar-refractivity contribution in [3.8, 4) is 0 Å². The topological polar surface area (TPSA) is 17.1 Å². The highest BCUT2D eigenvalue weighted by Gasteiger charge is 2.58. The quantitative estimate of drug-likeness (QED) is 0.581. The zero-order valence-electron chi connectivity index (χ0n) is 14.7. The maximum absolute atomic E-state index is 11.5. The predicted molar refractivity (Wildman–Crippen MR) is 90.5 cm³/mol. The first-order valence-electron chi connectivity index (χ1n) is 9.66. The third-order valence-corrected chi connectivity index (χ3v) is 8.89. The van der Waals surface area contributed by atoms with Crippen molar-refractivity contribution in [2.45, 2.75) is 78.6 Å². The summed E-state index contributed by atoms with van der Waals surface area (Å²) in [6.07, 6.45) is 13.7. The number of carbonyl (C=O) groups is 1. The van der Waals surface area contributed by atoms with Crippen LogP contribution in [0.3, 0.4) is 0 Å². The lowest BCUT2D eigenvalue weighted by Gasteiger charge is -2.60. The van der Waals surface area contributed by atoms with Crippen molar-refractivity contribution in [1.29, 1.82) is 0 Å². The Bertz CT molecular complexity index is 518. The van der Waals surface area contributed by atoms with Crippen molar-refractivity contribution < 1.29 is 4.79 Å². The molecule has 1 heteroatoms. The van der Waals surface area contributed by atoms with Crippen molar-refractivity contribution >= 4 is 6.29 Å². The lowest BCUT2D eigenvalue weighted by molar-refractivity contribution is -0.105. The Kier molecular flexibility index (Phi) is 3.37. The summed E-state index contributed by atoms with van der Waals surface area (Å²) in [5, 5.41) is 0. The Balaban J connectivity index is 1.67. The second-order valence-electron chi connectivity index (χ2n) is 9.33. The molecule has 6 atom stereocenters. The molecule has 0 saturated heterocycles. The number of allylic oxidation sites excluding steroid dienone is 2. The molecule has 1 unspecified atom stereocenters. The Morgan fingerprint density at radius 2 is 1.82 bits per heavy atom. The molecule has 0 aromatic heterocycles. The highest BCUT2D eigenvalue weighted by Crippen LogP contribution is 2.66. The first kappa shape index (κ1) is 15.0. The highest BCUT2D eigenvalue weighted by atomic mass is 16.1. The van der Waals surface area contributed by atoms with Crippen LogP contribution in [0.25, 0.3) is 0 Å². The van der Waals surface area contributed by atoms with Crippen LogP contribution in [-0.4, -0.2) is 6.29 Å². The third-order valence-electron chi connectivity index (χ3n) is 8.89. The summed E-state index contributed by atoms with van der Waals surface area (Å²) < 4.78 is 0. The molecular formula is C21H32O. The van der Waals surface area contributed by atoms with Gasteiger partial charge in [-0.2, -0.15) is 0 Å². The number of aldehydes is 1. The van der Waals surface area contributed by atoms with Gasteiger partial charge in [0, 0.05) is 0 Å². The van der Waals surface area contributed by atoms with Crippen molar-refractivity contribution in [3.05, 3.63) is 11.1 Å². The maximum atomic E-state index is 11.5. The van der Waals surface area contributed by atoms with Crippen LogP contribution in [0.1, 0.15) is 78.6 Å². The van der Waals surface area contributed by atoms with E-state index in [2.05, 4.69) is 20.8 Å². The van der Waals surface area contributed by atoms with E-state index in [4.69, 9.17) is 0 Å². The zero-order valence-corrected chi connectivity index (χ0v) is 14.7. The molecule has 122 valence electrons. The van der Waals surface area contributed by atoms with Crippen LogP contribution in [0.15, 0.2) is 11.1 Å². The normalized spacial score (nSPS) is 51.0. The number of hydrogen-bond acceptors (Lipinski definition) is 1. The van der Waals surface area contributed by atoms with E-state index in [0.717, 1.165) is 35.7 Å². The molecule has 3 saturated carbocycles. The summed E-state index contributed by atoms with van der Waals surface area (Å²) >= 11 is 0. The van der Waals surface area contributed by atoms with E-state index in [1.54, 1.807) is 0 Å². The van der Waals surface area contributed by atoms with E-state index in [9.17, 15) is 4.79 Å². The molecule has 4 rings (SSSR count). The van der Waals surface area contributed by atoms with Crippen LogP contribution >= 0.6 is 0 Å². The second-order valence-corrected chi connectivity index (χ2v) is 9.33. The molecule has 1 nitrogen and oxygen atoms in total. The molecule has 0 aromatic rings. The minimum Gasteiger partial charge on any atom is -0.298 e. The van der Waals surface area contributed by atoms with Gasteiger partial charge < -0.3 is 0 Å². The molecule has 22 heavy (non-hydrogen) atoms. The smallest absolute Gasteiger partial charge is 0.145 e. The standard InChI is InChI=1S/C21H32O/c1-14-15(13-22)12-19-17-8-7-16-6-4-5-10-21(16,3)18(17)9-11-20(14,19)2/h13,16-19H,4-12H2,1-3H3/t16-,17-,18?,19+,20-,21+/m1/s1. The van der Waals surface area contributed by atoms with Gasteiger partial charge in [0.1, 0.15) is 6.29 Å². The van der Waals surface area contributed by atoms with E-state index >= 15 is 0 Å². The van der Waals surface area contributed by atoms with E-state index in [0.29, 0.717) is 10.8 Å². The van der Waals surface area contributed by atoms with Crippen LogP contribution in [0.4, 0.5) is 0 Å². The van der Waals surface area contributed by atoms with E-state index in [1.807, 2.05) is 0 Å². The molecule has 0 N–H and O–H groups in total. The average Bonchev–Trinajstić information content (AvgIpc) is 2.78. The van der Waals surface area contributed by atoms with E-state index < -0.39 is 0 Å². The lowest BCUT2D eigenvalue weighted by Crippen LogP contribution is -2.52. The monoisotopic (exact) mass is 300 g/mol. The Labute approximate surface area is 135 Å². The maximum Gasteiger partial charge on any atom is 0.145 e. The summed E-state index contributed by atoms with van der Waals surface area (Å²) in [4.78, 5) is 11.5. The molecular weight excluding hydrogens is 268 g/mol. The van der Waals surface area contributed by atoms with Gasteiger partial charge in [0.25, 0.3) is 0 Å². The molecule has 0 amide bonds. The highest BCUT2D eigenvalue weighted by molar-refractivity contribution is 5.76. The van der Waals surface area contributed by atoms with Crippen LogP contribution in [0, 0.1) is 34.5 Å². The van der Waals surface area contributed by atoms with Crippen LogP contribution in [-0.2, 0) is 4.79 Å². The summed E-state index contributed by atoms with van der Waals surface area (Å²) in [5.74, 6) is 3.56.